The van der Waals surface area contributed by atoms with Crippen LogP contribution >= 0.6 is 0 Å². The number of hydrogen-bond donors (Lipinski definition) is 2. The molecule has 18 heavy (non-hydrogen) atoms. The highest BCUT2D eigenvalue weighted by atomic mass is 32.2. The Morgan fingerprint density at radius 3 is 2.56 bits per heavy atom. The second kappa shape index (κ2) is 5.28. The van der Waals surface area contributed by atoms with E-state index in [0.717, 1.165) is 24.2 Å². The van der Waals surface area contributed by atoms with E-state index < -0.39 is 10.0 Å². The highest BCUT2D eigenvalue weighted by Crippen LogP contribution is 2.22. The van der Waals surface area contributed by atoms with Crippen molar-refractivity contribution in [2.75, 3.05) is 17.8 Å². The summed E-state index contributed by atoms with van der Waals surface area (Å²) in [5.74, 6) is 0. The Kier molecular flexibility index (Phi) is 3.92. The largest absolute Gasteiger partial charge is 0.317 e. The van der Waals surface area contributed by atoms with Gasteiger partial charge in [0.2, 0.25) is 10.0 Å². The minimum absolute atomic E-state index is 0.279. The van der Waals surface area contributed by atoms with Gasteiger partial charge in [0, 0.05) is 0 Å². The van der Waals surface area contributed by atoms with E-state index in [2.05, 4.69) is 10.0 Å². The SMILES string of the molecule is Cc1cccc(NS(=O)(=O)C2CCNCC2)c1C. The van der Waals surface area contributed by atoms with Gasteiger partial charge >= 0.3 is 0 Å². The van der Waals surface area contributed by atoms with Gasteiger partial charge in [-0.1, -0.05) is 12.1 Å². The van der Waals surface area contributed by atoms with Crippen LogP contribution in [-0.2, 0) is 10.0 Å². The summed E-state index contributed by atoms with van der Waals surface area (Å²) >= 11 is 0. The standard InChI is InChI=1S/C13H20N2O2S/c1-10-4-3-5-13(11(10)2)15-18(16,17)12-6-8-14-9-7-12/h3-5,12,14-15H,6-9H2,1-2H3. The Balaban J connectivity index is 2.19. The second-order valence-corrected chi connectivity index (χ2v) is 6.80. The van der Waals surface area contributed by atoms with Crippen LogP contribution in [-0.4, -0.2) is 26.8 Å². The van der Waals surface area contributed by atoms with Crippen molar-refractivity contribution in [3.63, 3.8) is 0 Å². The van der Waals surface area contributed by atoms with E-state index >= 15 is 0 Å². The number of benzene rings is 1. The fourth-order valence-corrected chi connectivity index (χ4v) is 3.75. The molecule has 0 unspecified atom stereocenters. The maximum atomic E-state index is 12.3. The second-order valence-electron chi connectivity index (χ2n) is 4.84. The van der Waals surface area contributed by atoms with Gasteiger partial charge in [0.15, 0.2) is 0 Å². The lowest BCUT2D eigenvalue weighted by atomic mass is 10.1. The Labute approximate surface area is 109 Å². The molecule has 0 saturated carbocycles. The van der Waals surface area contributed by atoms with Gasteiger partial charge in [0.1, 0.15) is 0 Å². The van der Waals surface area contributed by atoms with Crippen molar-refractivity contribution >= 4 is 15.7 Å². The zero-order chi connectivity index (χ0) is 13.2. The molecule has 0 aliphatic carbocycles. The molecule has 4 nitrogen and oxygen atoms in total. The molecule has 0 amide bonds. The average Bonchev–Trinajstić information content (AvgIpc) is 2.36. The monoisotopic (exact) mass is 268 g/mol. The fraction of sp³-hybridized carbons (Fsp3) is 0.538. The molecule has 0 aromatic heterocycles. The van der Waals surface area contributed by atoms with E-state index in [-0.39, 0.29) is 5.25 Å². The quantitative estimate of drug-likeness (QED) is 0.879. The van der Waals surface area contributed by atoms with E-state index in [1.807, 2.05) is 32.0 Å². The van der Waals surface area contributed by atoms with Crippen LogP contribution in [0.4, 0.5) is 5.69 Å². The number of hydrogen-bond acceptors (Lipinski definition) is 3. The Bertz CT molecular complexity index is 520. The molecule has 1 aromatic carbocycles. The Morgan fingerprint density at radius 2 is 1.89 bits per heavy atom. The van der Waals surface area contributed by atoms with E-state index in [0.29, 0.717) is 18.5 Å². The number of sulfonamides is 1. The predicted octanol–water partition coefficient (Wildman–Crippen LogP) is 1.80. The summed E-state index contributed by atoms with van der Waals surface area (Å²) < 4.78 is 27.3. The van der Waals surface area contributed by atoms with Crippen LogP contribution in [0.2, 0.25) is 0 Å². The van der Waals surface area contributed by atoms with Gasteiger partial charge in [-0.3, -0.25) is 4.72 Å². The molecule has 1 aromatic rings. The first-order chi connectivity index (χ1) is 8.50. The van der Waals surface area contributed by atoms with E-state index in [1.54, 1.807) is 0 Å². The summed E-state index contributed by atoms with van der Waals surface area (Å²) in [6, 6.07) is 5.68. The minimum Gasteiger partial charge on any atom is -0.317 e. The molecule has 100 valence electrons. The highest BCUT2D eigenvalue weighted by molar-refractivity contribution is 7.93. The van der Waals surface area contributed by atoms with Gasteiger partial charge < -0.3 is 5.32 Å². The fourth-order valence-electron chi connectivity index (χ4n) is 2.20. The van der Waals surface area contributed by atoms with Crippen LogP contribution in [0.5, 0.6) is 0 Å². The van der Waals surface area contributed by atoms with Gasteiger partial charge in [0.05, 0.1) is 10.9 Å². The van der Waals surface area contributed by atoms with Gasteiger partial charge in [-0.15, -0.1) is 0 Å². The third kappa shape index (κ3) is 2.84. The molecule has 1 aliphatic heterocycles. The van der Waals surface area contributed by atoms with E-state index in [1.165, 1.54) is 0 Å². The molecule has 2 rings (SSSR count). The molecule has 1 fully saturated rings. The first kappa shape index (κ1) is 13.4. The van der Waals surface area contributed by atoms with Gasteiger partial charge in [-0.25, -0.2) is 8.42 Å². The normalized spacial score (nSPS) is 17.7. The van der Waals surface area contributed by atoms with Crippen molar-refractivity contribution in [2.24, 2.45) is 0 Å². The third-order valence-electron chi connectivity index (χ3n) is 3.58. The summed E-state index contributed by atoms with van der Waals surface area (Å²) in [4.78, 5) is 0. The summed E-state index contributed by atoms with van der Waals surface area (Å²) in [5.41, 5.74) is 2.80. The molecular weight excluding hydrogens is 248 g/mol. The average molecular weight is 268 g/mol. The number of piperidine rings is 1. The van der Waals surface area contributed by atoms with Crippen molar-refractivity contribution in [1.82, 2.24) is 5.32 Å². The maximum absolute atomic E-state index is 12.3. The number of rotatable bonds is 3. The van der Waals surface area contributed by atoms with Crippen molar-refractivity contribution in [3.8, 4) is 0 Å². The van der Waals surface area contributed by atoms with E-state index in [9.17, 15) is 8.42 Å². The van der Waals surface area contributed by atoms with Crippen LogP contribution in [0.25, 0.3) is 0 Å². The molecular formula is C13H20N2O2S. The zero-order valence-corrected chi connectivity index (χ0v) is 11.7. The molecule has 2 N–H and O–H groups in total. The summed E-state index contributed by atoms with van der Waals surface area (Å²) in [6.07, 6.45) is 1.36. The molecule has 5 heteroatoms. The van der Waals surface area contributed by atoms with Crippen molar-refractivity contribution < 1.29 is 8.42 Å². The lowest BCUT2D eigenvalue weighted by molar-refractivity contribution is 0.499. The Morgan fingerprint density at radius 1 is 1.22 bits per heavy atom. The highest BCUT2D eigenvalue weighted by Gasteiger charge is 2.27. The van der Waals surface area contributed by atoms with Crippen LogP contribution in [0.15, 0.2) is 18.2 Å². The smallest absolute Gasteiger partial charge is 0.235 e. The first-order valence-electron chi connectivity index (χ1n) is 6.29. The molecule has 1 heterocycles. The van der Waals surface area contributed by atoms with Crippen LogP contribution in [0.3, 0.4) is 0 Å². The van der Waals surface area contributed by atoms with Crippen LogP contribution in [0, 0.1) is 13.8 Å². The molecule has 0 bridgehead atoms. The molecule has 0 spiro atoms. The predicted molar refractivity (Wildman–Crippen MR) is 74.4 cm³/mol. The van der Waals surface area contributed by atoms with Crippen LogP contribution < -0.4 is 10.0 Å². The Hall–Kier alpha value is -1.07. The number of anilines is 1. The summed E-state index contributed by atoms with van der Waals surface area (Å²) in [7, 11) is -3.27. The molecule has 0 atom stereocenters. The minimum atomic E-state index is -3.27. The summed E-state index contributed by atoms with van der Waals surface area (Å²) in [5, 5.41) is 2.90. The van der Waals surface area contributed by atoms with Gasteiger partial charge in [0.25, 0.3) is 0 Å². The first-order valence-corrected chi connectivity index (χ1v) is 7.84. The zero-order valence-electron chi connectivity index (χ0n) is 10.9. The van der Waals surface area contributed by atoms with Crippen molar-refractivity contribution in [2.45, 2.75) is 31.9 Å². The number of aryl methyl sites for hydroxylation is 1. The van der Waals surface area contributed by atoms with Gasteiger partial charge in [-0.05, 0) is 57.0 Å². The summed E-state index contributed by atoms with van der Waals surface area (Å²) in [6.45, 7) is 5.48. The number of nitrogens with one attached hydrogen (secondary N) is 2. The maximum Gasteiger partial charge on any atom is 0.235 e. The van der Waals surface area contributed by atoms with Crippen molar-refractivity contribution in [1.29, 1.82) is 0 Å². The van der Waals surface area contributed by atoms with Crippen molar-refractivity contribution in [3.05, 3.63) is 29.3 Å². The topological polar surface area (TPSA) is 58.2 Å². The lowest BCUT2D eigenvalue weighted by Gasteiger charge is -2.24. The van der Waals surface area contributed by atoms with E-state index in [4.69, 9.17) is 0 Å². The van der Waals surface area contributed by atoms with Gasteiger partial charge in [-0.2, -0.15) is 0 Å². The lowest BCUT2D eigenvalue weighted by Crippen LogP contribution is -2.38. The molecule has 0 radical (unpaired) electrons. The van der Waals surface area contributed by atoms with Crippen LogP contribution in [0.1, 0.15) is 24.0 Å². The molecule has 1 aliphatic rings. The third-order valence-corrected chi connectivity index (χ3v) is 5.44. The molecule has 1 saturated heterocycles.